The van der Waals surface area contributed by atoms with E-state index in [1.807, 2.05) is 6.20 Å². The highest BCUT2D eigenvalue weighted by Crippen LogP contribution is 2.45. The Morgan fingerprint density at radius 1 is 1.27 bits per heavy atom. The minimum atomic E-state index is -0.389. The summed E-state index contributed by atoms with van der Waals surface area (Å²) in [6.45, 7) is 2.70. The van der Waals surface area contributed by atoms with Crippen molar-refractivity contribution in [3.8, 4) is 0 Å². The second kappa shape index (κ2) is 5.08. The maximum absolute atomic E-state index is 11.4. The summed E-state index contributed by atoms with van der Waals surface area (Å²) in [5, 5.41) is 4.13. The van der Waals surface area contributed by atoms with Gasteiger partial charge in [-0.25, -0.2) is 9.78 Å². The van der Waals surface area contributed by atoms with E-state index in [1.54, 1.807) is 17.1 Å². The first-order valence-electron chi connectivity index (χ1n) is 7.39. The van der Waals surface area contributed by atoms with Crippen LogP contribution in [0.3, 0.4) is 0 Å². The van der Waals surface area contributed by atoms with Gasteiger partial charge in [-0.3, -0.25) is 9.67 Å². The van der Waals surface area contributed by atoms with Gasteiger partial charge in [-0.05, 0) is 18.3 Å². The lowest BCUT2D eigenvalue weighted by Gasteiger charge is -2.18. The molecule has 7 nitrogen and oxygen atoms in total. The molecular weight excluding hydrogens is 282 g/mol. The molecule has 1 saturated heterocycles. The Morgan fingerprint density at radius 2 is 2.09 bits per heavy atom. The summed E-state index contributed by atoms with van der Waals surface area (Å²) >= 11 is 0. The van der Waals surface area contributed by atoms with Crippen molar-refractivity contribution in [2.24, 2.45) is 11.8 Å². The zero-order valence-corrected chi connectivity index (χ0v) is 12.3. The van der Waals surface area contributed by atoms with Crippen LogP contribution in [0.2, 0.25) is 0 Å². The summed E-state index contributed by atoms with van der Waals surface area (Å²) in [7, 11) is 1.35. The van der Waals surface area contributed by atoms with Crippen LogP contribution < -0.4 is 4.90 Å². The lowest BCUT2D eigenvalue weighted by atomic mass is 10.4. The molecule has 1 aliphatic heterocycles. The molecule has 2 aliphatic rings. The smallest absolute Gasteiger partial charge is 0.341 e. The molecule has 0 spiro atoms. The predicted molar refractivity (Wildman–Crippen MR) is 78.5 cm³/mol. The molecule has 0 bridgehead atoms. The number of nitrogens with zero attached hydrogens (tertiary/aromatic N) is 5. The first-order chi connectivity index (χ1) is 10.7. The molecule has 0 radical (unpaired) electrons. The summed E-state index contributed by atoms with van der Waals surface area (Å²) in [5.74, 6) is 2.32. The van der Waals surface area contributed by atoms with Gasteiger partial charge in [0.1, 0.15) is 5.82 Å². The Morgan fingerprint density at radius 3 is 2.77 bits per heavy atom. The highest BCUT2D eigenvalue weighted by atomic mass is 16.5. The second-order valence-electron chi connectivity index (χ2n) is 5.94. The van der Waals surface area contributed by atoms with Crippen molar-refractivity contribution in [2.75, 3.05) is 25.1 Å². The van der Waals surface area contributed by atoms with Gasteiger partial charge in [-0.1, -0.05) is 0 Å². The summed E-state index contributed by atoms with van der Waals surface area (Å²) < 4.78 is 6.31. The fourth-order valence-corrected chi connectivity index (χ4v) is 3.02. The maximum Gasteiger partial charge on any atom is 0.341 e. The Labute approximate surface area is 127 Å². The van der Waals surface area contributed by atoms with Gasteiger partial charge in [-0.2, -0.15) is 5.10 Å². The highest BCUT2D eigenvalue weighted by Gasteiger charge is 2.45. The van der Waals surface area contributed by atoms with Crippen molar-refractivity contribution in [1.29, 1.82) is 0 Å². The second-order valence-corrected chi connectivity index (χ2v) is 5.94. The van der Waals surface area contributed by atoms with Gasteiger partial charge < -0.3 is 9.64 Å². The van der Waals surface area contributed by atoms with Crippen molar-refractivity contribution in [1.82, 2.24) is 19.7 Å². The number of rotatable bonds is 4. The van der Waals surface area contributed by atoms with Gasteiger partial charge >= 0.3 is 5.97 Å². The average molecular weight is 299 g/mol. The summed E-state index contributed by atoms with van der Waals surface area (Å²) in [6.07, 6.45) is 8.12. The number of carbonyl (C=O) groups is 1. The molecule has 0 amide bonds. The molecule has 1 saturated carbocycles. The lowest BCUT2D eigenvalue weighted by Crippen LogP contribution is -2.23. The van der Waals surface area contributed by atoms with E-state index in [9.17, 15) is 4.79 Å². The van der Waals surface area contributed by atoms with Crippen LogP contribution in [0, 0.1) is 11.8 Å². The fourth-order valence-electron chi connectivity index (χ4n) is 3.02. The van der Waals surface area contributed by atoms with Crippen LogP contribution in [0.1, 0.15) is 22.5 Å². The van der Waals surface area contributed by atoms with Crippen molar-refractivity contribution < 1.29 is 9.53 Å². The molecule has 2 aromatic rings. The molecule has 0 aromatic carbocycles. The van der Waals surface area contributed by atoms with Crippen LogP contribution in [0.25, 0.3) is 0 Å². The van der Waals surface area contributed by atoms with E-state index in [1.165, 1.54) is 19.7 Å². The first-order valence-corrected chi connectivity index (χ1v) is 7.39. The largest absolute Gasteiger partial charge is 0.465 e. The van der Waals surface area contributed by atoms with Crippen LogP contribution >= 0.6 is 0 Å². The Bertz CT molecular complexity index is 686. The summed E-state index contributed by atoms with van der Waals surface area (Å²) in [4.78, 5) is 22.6. The lowest BCUT2D eigenvalue weighted by molar-refractivity contribution is 0.0600. The standard InChI is InChI=1S/C15H17N5O2/c1-22-15(21)12-3-18-20(8-12)9-13-4-17-14(5-16-13)19-6-10-2-11(10)7-19/h3-5,8,10-11H,2,6-7,9H2,1H3. The molecule has 22 heavy (non-hydrogen) atoms. The Kier molecular flexibility index (Phi) is 3.06. The number of anilines is 1. The van der Waals surface area contributed by atoms with Crippen LogP contribution in [0.15, 0.2) is 24.8 Å². The Balaban J connectivity index is 1.42. The third kappa shape index (κ3) is 2.43. The molecule has 2 fully saturated rings. The van der Waals surface area contributed by atoms with Gasteiger partial charge in [0, 0.05) is 19.3 Å². The van der Waals surface area contributed by atoms with Crippen molar-refractivity contribution >= 4 is 11.8 Å². The van der Waals surface area contributed by atoms with E-state index >= 15 is 0 Å². The molecule has 4 rings (SSSR count). The number of piperidine rings is 1. The number of hydrogen-bond donors (Lipinski definition) is 0. The van der Waals surface area contributed by atoms with E-state index in [4.69, 9.17) is 0 Å². The maximum atomic E-state index is 11.4. The van der Waals surface area contributed by atoms with Crippen LogP contribution in [-0.2, 0) is 11.3 Å². The number of aromatic nitrogens is 4. The third-order valence-corrected chi connectivity index (χ3v) is 4.37. The first kappa shape index (κ1) is 13.2. The van der Waals surface area contributed by atoms with Gasteiger partial charge in [0.25, 0.3) is 0 Å². The number of carbonyl (C=O) groups excluding carboxylic acids is 1. The molecule has 2 unspecified atom stereocenters. The number of hydrogen-bond acceptors (Lipinski definition) is 6. The third-order valence-electron chi connectivity index (χ3n) is 4.37. The van der Waals surface area contributed by atoms with E-state index in [2.05, 4.69) is 24.7 Å². The quantitative estimate of drug-likeness (QED) is 0.783. The molecule has 2 aromatic heterocycles. The number of fused-ring (bicyclic) bond motifs is 1. The minimum absolute atomic E-state index is 0.389. The van der Waals surface area contributed by atoms with Crippen LogP contribution in [0.5, 0.6) is 0 Å². The van der Waals surface area contributed by atoms with Gasteiger partial charge in [0.2, 0.25) is 0 Å². The zero-order chi connectivity index (χ0) is 15.1. The van der Waals surface area contributed by atoms with Crippen LogP contribution in [-0.4, -0.2) is 45.9 Å². The molecule has 3 heterocycles. The van der Waals surface area contributed by atoms with E-state index in [-0.39, 0.29) is 5.97 Å². The molecular formula is C15H17N5O2. The minimum Gasteiger partial charge on any atom is -0.465 e. The highest BCUT2D eigenvalue weighted by molar-refractivity contribution is 5.88. The topological polar surface area (TPSA) is 73.1 Å². The average Bonchev–Trinajstić information content (AvgIpc) is 2.96. The number of ether oxygens (including phenoxy) is 1. The normalized spacial score (nSPS) is 22.5. The van der Waals surface area contributed by atoms with Gasteiger partial charge in [0.15, 0.2) is 0 Å². The molecule has 0 N–H and O–H groups in total. The summed E-state index contributed by atoms with van der Waals surface area (Å²) in [6, 6.07) is 0. The molecule has 114 valence electrons. The predicted octanol–water partition coefficient (Wildman–Crippen LogP) is 0.964. The van der Waals surface area contributed by atoms with Crippen molar-refractivity contribution in [2.45, 2.75) is 13.0 Å². The molecule has 7 heteroatoms. The van der Waals surface area contributed by atoms with Crippen molar-refractivity contribution in [3.63, 3.8) is 0 Å². The molecule has 2 atom stereocenters. The number of methoxy groups -OCH3 is 1. The van der Waals surface area contributed by atoms with E-state index < -0.39 is 0 Å². The van der Waals surface area contributed by atoms with Gasteiger partial charge in [0.05, 0.1) is 43.5 Å². The zero-order valence-electron chi connectivity index (χ0n) is 12.3. The van der Waals surface area contributed by atoms with Crippen molar-refractivity contribution in [3.05, 3.63) is 36.0 Å². The van der Waals surface area contributed by atoms with E-state index in [0.29, 0.717) is 12.1 Å². The fraction of sp³-hybridized carbons (Fsp3) is 0.467. The SMILES string of the molecule is COC(=O)c1cnn(Cc2cnc(N3CC4CC4C3)cn2)c1. The summed E-state index contributed by atoms with van der Waals surface area (Å²) in [5.41, 5.74) is 1.25. The van der Waals surface area contributed by atoms with E-state index in [0.717, 1.165) is 36.4 Å². The van der Waals surface area contributed by atoms with Gasteiger partial charge in [-0.15, -0.1) is 0 Å². The van der Waals surface area contributed by atoms with Crippen LogP contribution in [0.4, 0.5) is 5.82 Å². The Hall–Kier alpha value is -2.44. The monoisotopic (exact) mass is 299 g/mol. The number of esters is 1. The molecule has 1 aliphatic carbocycles.